The molecule has 1 aromatic heterocycles. The predicted octanol–water partition coefficient (Wildman–Crippen LogP) is 1.56. The quantitative estimate of drug-likeness (QED) is 0.427. The van der Waals surface area contributed by atoms with Crippen LogP contribution in [0.5, 0.6) is 11.5 Å². The van der Waals surface area contributed by atoms with Crippen LogP contribution in [0.3, 0.4) is 0 Å². The van der Waals surface area contributed by atoms with E-state index in [4.69, 9.17) is 39.4 Å². The number of nitrogens with zero attached hydrogens (tertiary/aromatic N) is 1. The van der Waals surface area contributed by atoms with Crippen LogP contribution in [0, 0.1) is 4.64 Å². The Morgan fingerprint density at radius 2 is 2.29 bits per heavy atom. The number of alkyl halides is 1. The maximum atomic E-state index is 15.8. The smallest absolute Gasteiger partial charge is 0.493 e. The molecule has 0 amide bonds. The van der Waals surface area contributed by atoms with E-state index >= 15 is 4.39 Å². The predicted molar refractivity (Wildman–Crippen MR) is 104 cm³/mol. The Labute approximate surface area is 183 Å². The average Bonchev–Trinajstić information content (AvgIpc) is 2.94. The summed E-state index contributed by atoms with van der Waals surface area (Å²) in [5, 5.41) is 20.7. The highest BCUT2D eigenvalue weighted by Crippen LogP contribution is 2.57. The largest absolute Gasteiger partial charge is 0.530 e. The highest BCUT2D eigenvalue weighted by Gasteiger charge is 2.57. The summed E-state index contributed by atoms with van der Waals surface area (Å²) in [6.45, 7) is -4.22. The number of phosphoric acid groups is 1. The van der Waals surface area contributed by atoms with Crippen LogP contribution in [-0.2, 0) is 25.0 Å². The first-order valence-corrected chi connectivity index (χ1v) is 10.5. The van der Waals surface area contributed by atoms with Gasteiger partial charge in [-0.1, -0.05) is 24.4 Å². The number of hydrogen-bond donors (Lipinski definition) is 3. The lowest BCUT2D eigenvalue weighted by Gasteiger charge is -2.28. The monoisotopic (exact) mass is 479 g/mol. The molecule has 1 unspecified atom stereocenters. The van der Waals surface area contributed by atoms with Crippen molar-refractivity contribution in [2.45, 2.75) is 30.9 Å². The van der Waals surface area contributed by atoms with Gasteiger partial charge in [-0.05, 0) is 12.1 Å². The number of methoxy groups -OCH3 is 1. The normalized spacial score (nSPS) is 36.6. The molecule has 1 aromatic carbocycles. The molecule has 14 heteroatoms. The number of aromatic amines is 1. The van der Waals surface area contributed by atoms with Gasteiger partial charge in [0.2, 0.25) is 0 Å². The summed E-state index contributed by atoms with van der Waals surface area (Å²) in [5.41, 5.74) is -0.738. The van der Waals surface area contributed by atoms with Gasteiger partial charge in [0, 0.05) is 11.8 Å². The molecule has 11 nitrogen and oxygen atoms in total. The standard InChI is InChI=1S/C17H18FN2O9PS/c1-25-10-4-2-3-9-7-26-30(24,29-13(9)10)27-8-17(18)14(22)12(21)15(28-17)20-6-5-11(31)19-16(20)23/h2-6,12,14-15,21-22H,7-8H2,1H3,(H,19,23,31)/t12-,14+,15-,17-,30?/m1/s1/i8D2,15D. The van der Waals surface area contributed by atoms with Crippen molar-refractivity contribution in [1.82, 2.24) is 9.55 Å². The molecule has 31 heavy (non-hydrogen) atoms. The zero-order chi connectivity index (χ0) is 25.1. The number of para-hydroxylation sites is 1. The second-order valence-electron chi connectivity index (χ2n) is 6.41. The zero-order valence-electron chi connectivity index (χ0n) is 18.7. The Morgan fingerprint density at radius 3 is 3.00 bits per heavy atom. The van der Waals surface area contributed by atoms with Crippen molar-refractivity contribution in [3.63, 3.8) is 0 Å². The number of aliphatic hydroxyl groups excluding tert-OH is 2. The Hall–Kier alpha value is -2.12. The van der Waals surface area contributed by atoms with E-state index < -0.39 is 44.3 Å². The maximum Gasteiger partial charge on any atom is 0.530 e. The zero-order valence-corrected chi connectivity index (χ0v) is 17.4. The number of halogens is 1. The minimum absolute atomic E-state index is 0.0523. The van der Waals surface area contributed by atoms with E-state index in [1.165, 1.54) is 13.2 Å². The van der Waals surface area contributed by atoms with Gasteiger partial charge in [-0.2, -0.15) is 0 Å². The molecule has 3 heterocycles. The molecule has 0 bridgehead atoms. The minimum Gasteiger partial charge on any atom is -0.493 e. The molecule has 1 saturated heterocycles. The highest BCUT2D eigenvalue weighted by molar-refractivity contribution is 7.71. The van der Waals surface area contributed by atoms with Gasteiger partial charge in [0.25, 0.3) is 5.85 Å². The number of H-pyrrole nitrogens is 1. The molecular formula is C17H18FN2O9PS. The summed E-state index contributed by atoms with van der Waals surface area (Å²) in [6, 6.07) is 5.71. The van der Waals surface area contributed by atoms with Gasteiger partial charge in [0.1, 0.15) is 23.4 Å². The number of hydrogen-bond acceptors (Lipinski definition) is 10. The summed E-state index contributed by atoms with van der Waals surface area (Å²) in [6.07, 6.45) is -7.48. The van der Waals surface area contributed by atoms with Crippen LogP contribution in [0.1, 0.15) is 15.9 Å². The van der Waals surface area contributed by atoms with Crippen molar-refractivity contribution in [2.24, 2.45) is 0 Å². The van der Waals surface area contributed by atoms with Gasteiger partial charge in [0.15, 0.2) is 17.7 Å². The van der Waals surface area contributed by atoms with E-state index in [2.05, 4.69) is 4.98 Å². The van der Waals surface area contributed by atoms with Gasteiger partial charge >= 0.3 is 13.5 Å². The van der Waals surface area contributed by atoms with Crippen molar-refractivity contribution in [2.75, 3.05) is 13.7 Å². The fourth-order valence-electron chi connectivity index (χ4n) is 2.86. The molecule has 5 atom stereocenters. The van der Waals surface area contributed by atoms with E-state index in [1.807, 2.05) is 0 Å². The number of phosphoric ester groups is 1. The summed E-state index contributed by atoms with van der Waals surface area (Å²) < 4.78 is 78.3. The minimum atomic E-state index is -4.90. The Kier molecular flexibility index (Phi) is 4.82. The van der Waals surface area contributed by atoms with Gasteiger partial charge in [-0.3, -0.25) is 18.6 Å². The van der Waals surface area contributed by atoms with Crippen LogP contribution in [-0.4, -0.2) is 51.5 Å². The number of benzene rings is 1. The molecule has 3 N–H and O–H groups in total. The van der Waals surface area contributed by atoms with E-state index in [0.29, 0.717) is 10.1 Å². The maximum absolute atomic E-state index is 15.8. The molecular weight excluding hydrogens is 458 g/mol. The number of fused-ring (bicyclic) bond motifs is 1. The number of aromatic nitrogens is 2. The summed E-state index contributed by atoms with van der Waals surface area (Å²) in [5.74, 6) is -4.01. The molecule has 1 fully saturated rings. The van der Waals surface area contributed by atoms with E-state index in [1.54, 1.807) is 12.1 Å². The summed E-state index contributed by atoms with van der Waals surface area (Å²) in [7, 11) is -3.60. The Bertz CT molecular complexity index is 1280. The lowest BCUT2D eigenvalue weighted by Crippen LogP contribution is -2.43. The lowest BCUT2D eigenvalue weighted by atomic mass is 10.1. The van der Waals surface area contributed by atoms with Crippen LogP contribution in [0.25, 0.3) is 0 Å². The van der Waals surface area contributed by atoms with E-state index in [0.717, 1.165) is 12.3 Å². The first-order valence-electron chi connectivity index (χ1n) is 10.1. The van der Waals surface area contributed by atoms with Crippen LogP contribution >= 0.6 is 20.0 Å². The van der Waals surface area contributed by atoms with Gasteiger partial charge in [-0.15, -0.1) is 0 Å². The third-order valence-corrected chi connectivity index (χ3v) is 5.81. The highest BCUT2D eigenvalue weighted by atomic mass is 32.1. The fraction of sp³-hybridized carbons (Fsp3) is 0.412. The molecule has 2 aliphatic heterocycles. The SMILES string of the molecule is [2H]C([2H])(OP1(=O)OCc2cccc(OC)c2O1)[C@@]1(F)O[C@@]([2H])(n2ccc(=S)[nH]c2=O)[C@H](O)[C@@H]1O. The topological polar surface area (TPSA) is 141 Å². The Balaban J connectivity index is 1.67. The van der Waals surface area contributed by atoms with E-state index in [9.17, 15) is 19.6 Å². The van der Waals surface area contributed by atoms with Gasteiger partial charge in [0.05, 0.1) is 17.8 Å². The second-order valence-corrected chi connectivity index (χ2v) is 8.37. The van der Waals surface area contributed by atoms with Crippen LogP contribution in [0.2, 0.25) is 0 Å². The Morgan fingerprint density at radius 1 is 1.52 bits per heavy atom. The third kappa shape index (κ3) is 4.05. The van der Waals surface area contributed by atoms with Crippen LogP contribution < -0.4 is 15.0 Å². The van der Waals surface area contributed by atoms with Crippen molar-refractivity contribution >= 4 is 20.0 Å². The molecule has 0 radical (unpaired) electrons. The van der Waals surface area contributed by atoms with Crippen molar-refractivity contribution < 1.29 is 46.3 Å². The number of aliphatic hydroxyl groups is 2. The first-order chi connectivity index (χ1) is 15.8. The lowest BCUT2D eigenvalue weighted by molar-refractivity contribution is -0.205. The number of rotatable bonds is 5. The molecule has 2 aliphatic rings. The molecule has 168 valence electrons. The third-order valence-electron chi connectivity index (χ3n) is 4.41. The van der Waals surface area contributed by atoms with Crippen LogP contribution in [0.15, 0.2) is 35.3 Å². The average molecular weight is 479 g/mol. The van der Waals surface area contributed by atoms with Gasteiger partial charge in [-0.25, -0.2) is 13.8 Å². The molecule has 0 saturated carbocycles. The summed E-state index contributed by atoms with van der Waals surface area (Å²) >= 11 is 4.77. The molecule has 2 aromatic rings. The summed E-state index contributed by atoms with van der Waals surface area (Å²) in [4.78, 5) is 14.3. The molecule has 0 spiro atoms. The van der Waals surface area contributed by atoms with Gasteiger partial charge < -0.3 is 24.2 Å². The first kappa shape index (κ1) is 18.5. The number of nitrogens with one attached hydrogen (secondary N) is 1. The number of ether oxygens (including phenoxy) is 2. The molecule has 0 aliphatic carbocycles. The van der Waals surface area contributed by atoms with E-state index in [-0.39, 0.29) is 22.7 Å². The molecule has 4 rings (SSSR count). The fourth-order valence-corrected chi connectivity index (χ4v) is 4.12. The van der Waals surface area contributed by atoms with Crippen molar-refractivity contribution in [1.29, 1.82) is 0 Å². The van der Waals surface area contributed by atoms with Crippen molar-refractivity contribution in [3.8, 4) is 11.5 Å². The van der Waals surface area contributed by atoms with Crippen molar-refractivity contribution in [3.05, 3.63) is 51.2 Å². The van der Waals surface area contributed by atoms with Crippen LogP contribution in [0.4, 0.5) is 4.39 Å². The second kappa shape index (κ2) is 8.10.